The van der Waals surface area contributed by atoms with Gasteiger partial charge < -0.3 is 15.5 Å². The Hall–Kier alpha value is -2.14. The maximum Gasteiger partial charge on any atom is 0.309 e. The molecule has 1 aliphatic heterocycles. The van der Waals surface area contributed by atoms with Crippen molar-refractivity contribution in [3.05, 3.63) is 41.6 Å². The van der Waals surface area contributed by atoms with Gasteiger partial charge in [0.25, 0.3) is 0 Å². The smallest absolute Gasteiger partial charge is 0.309 e. The molecule has 3 aliphatic carbocycles. The molecule has 5 nitrogen and oxygen atoms in total. The van der Waals surface area contributed by atoms with Crippen LogP contribution in [-0.2, 0) is 4.79 Å². The predicted molar refractivity (Wildman–Crippen MR) is 119 cm³/mol. The second-order valence-corrected chi connectivity index (χ2v) is 10.8. The zero-order valence-corrected chi connectivity index (χ0v) is 18.4. The number of carbonyl (C=O) groups is 2. The SMILES string of the molecule is CC1(C(=O)O)CCC2C(CCC3CC(O)CCC32C)C1C=C1Nc2ccccc2C1=O. The lowest BCUT2D eigenvalue weighted by atomic mass is 9.44. The van der Waals surface area contributed by atoms with Gasteiger partial charge in [0.15, 0.2) is 0 Å². The Morgan fingerprint density at radius 2 is 1.90 bits per heavy atom. The summed E-state index contributed by atoms with van der Waals surface area (Å²) in [5.74, 6) is 0.210. The fourth-order valence-corrected chi connectivity index (χ4v) is 7.48. The molecule has 0 amide bonds. The van der Waals surface area contributed by atoms with E-state index in [1.807, 2.05) is 37.3 Å². The van der Waals surface area contributed by atoms with Gasteiger partial charge in [-0.3, -0.25) is 9.59 Å². The van der Waals surface area contributed by atoms with Gasteiger partial charge >= 0.3 is 5.97 Å². The van der Waals surface area contributed by atoms with Crippen LogP contribution >= 0.6 is 0 Å². The van der Waals surface area contributed by atoms with E-state index in [-0.39, 0.29) is 29.1 Å². The Balaban J connectivity index is 1.52. The maximum atomic E-state index is 13.0. The normalized spacial score (nSPS) is 43.0. The molecule has 3 fully saturated rings. The molecule has 3 saturated carbocycles. The van der Waals surface area contributed by atoms with E-state index >= 15 is 0 Å². The molecular formula is C26H33NO4. The van der Waals surface area contributed by atoms with E-state index < -0.39 is 11.4 Å². The Kier molecular flexibility index (Phi) is 4.81. The van der Waals surface area contributed by atoms with E-state index in [2.05, 4.69) is 12.2 Å². The molecule has 5 heteroatoms. The van der Waals surface area contributed by atoms with Gasteiger partial charge in [0.1, 0.15) is 0 Å². The molecule has 0 spiro atoms. The van der Waals surface area contributed by atoms with Gasteiger partial charge in [0.05, 0.1) is 17.2 Å². The van der Waals surface area contributed by atoms with Gasteiger partial charge in [-0.15, -0.1) is 0 Å². The lowest BCUT2D eigenvalue weighted by Crippen LogP contribution is -2.55. The third-order valence-corrected chi connectivity index (χ3v) is 9.41. The summed E-state index contributed by atoms with van der Waals surface area (Å²) in [6, 6.07) is 7.48. The number of aliphatic hydroxyl groups is 1. The lowest BCUT2D eigenvalue weighted by molar-refractivity contribution is -0.164. The molecule has 7 unspecified atom stereocenters. The number of para-hydroxylation sites is 1. The summed E-state index contributed by atoms with van der Waals surface area (Å²) in [4.78, 5) is 25.5. The highest BCUT2D eigenvalue weighted by molar-refractivity contribution is 6.18. The van der Waals surface area contributed by atoms with Gasteiger partial charge in [0.2, 0.25) is 5.78 Å². The van der Waals surface area contributed by atoms with Crippen LogP contribution in [0.3, 0.4) is 0 Å². The fraction of sp³-hybridized carbons (Fsp3) is 0.615. The second-order valence-electron chi connectivity index (χ2n) is 10.8. The second kappa shape index (κ2) is 7.19. The van der Waals surface area contributed by atoms with Crippen LogP contribution in [0.1, 0.15) is 69.2 Å². The van der Waals surface area contributed by atoms with Crippen LogP contribution in [-0.4, -0.2) is 28.1 Å². The number of nitrogens with one attached hydrogen (secondary N) is 1. The molecule has 5 rings (SSSR count). The Bertz CT molecular complexity index is 954. The minimum Gasteiger partial charge on any atom is -0.481 e. The maximum absolute atomic E-state index is 13.0. The first-order valence-electron chi connectivity index (χ1n) is 11.8. The number of carbonyl (C=O) groups excluding carboxylic acids is 1. The minimum absolute atomic E-state index is 0.0360. The molecule has 3 N–H and O–H groups in total. The number of carboxylic acid groups (broad SMARTS) is 1. The first-order valence-corrected chi connectivity index (χ1v) is 11.8. The highest BCUT2D eigenvalue weighted by Crippen LogP contribution is 2.63. The lowest BCUT2D eigenvalue weighted by Gasteiger charge is -2.60. The number of rotatable bonds is 2. The van der Waals surface area contributed by atoms with Crippen molar-refractivity contribution in [2.24, 2.45) is 34.5 Å². The summed E-state index contributed by atoms with van der Waals surface area (Å²) < 4.78 is 0. The summed E-state index contributed by atoms with van der Waals surface area (Å²) in [7, 11) is 0. The van der Waals surface area contributed by atoms with E-state index in [1.165, 1.54) is 0 Å². The molecule has 1 aromatic rings. The number of aliphatic carboxylic acids is 1. The topological polar surface area (TPSA) is 86.6 Å². The number of ketones is 1. The van der Waals surface area contributed by atoms with Crippen LogP contribution in [0.2, 0.25) is 0 Å². The van der Waals surface area contributed by atoms with Crippen molar-refractivity contribution in [3.63, 3.8) is 0 Å². The average Bonchev–Trinajstić information content (AvgIpc) is 3.06. The third-order valence-electron chi connectivity index (χ3n) is 9.41. The number of carboxylic acids is 1. The monoisotopic (exact) mass is 423 g/mol. The number of hydrogen-bond acceptors (Lipinski definition) is 4. The molecule has 0 radical (unpaired) electrons. The van der Waals surface area contributed by atoms with Crippen LogP contribution < -0.4 is 5.32 Å². The van der Waals surface area contributed by atoms with Crippen molar-refractivity contribution in [1.29, 1.82) is 0 Å². The summed E-state index contributed by atoms with van der Waals surface area (Å²) >= 11 is 0. The molecule has 7 atom stereocenters. The first kappa shape index (κ1) is 20.7. The molecule has 4 aliphatic rings. The molecule has 1 heterocycles. The molecule has 31 heavy (non-hydrogen) atoms. The number of fused-ring (bicyclic) bond motifs is 4. The number of aliphatic hydroxyl groups excluding tert-OH is 1. The van der Waals surface area contributed by atoms with Crippen LogP contribution in [0.25, 0.3) is 0 Å². The number of anilines is 1. The van der Waals surface area contributed by atoms with Crippen LogP contribution in [0.5, 0.6) is 0 Å². The summed E-state index contributed by atoms with van der Waals surface area (Å²) in [5.41, 5.74) is 1.28. The van der Waals surface area contributed by atoms with Crippen LogP contribution in [0.15, 0.2) is 36.0 Å². The van der Waals surface area contributed by atoms with E-state index in [1.54, 1.807) is 0 Å². The van der Waals surface area contributed by atoms with Crippen molar-refractivity contribution >= 4 is 17.4 Å². The fourth-order valence-electron chi connectivity index (χ4n) is 7.48. The van der Waals surface area contributed by atoms with Crippen molar-refractivity contribution in [1.82, 2.24) is 0 Å². The van der Waals surface area contributed by atoms with Crippen molar-refractivity contribution < 1.29 is 19.8 Å². The highest BCUT2D eigenvalue weighted by Gasteiger charge is 2.58. The molecule has 0 saturated heterocycles. The average molecular weight is 424 g/mol. The molecule has 0 aromatic heterocycles. The van der Waals surface area contributed by atoms with E-state index in [4.69, 9.17) is 0 Å². The van der Waals surface area contributed by atoms with Gasteiger partial charge in [-0.05, 0) is 93.1 Å². The van der Waals surface area contributed by atoms with Crippen molar-refractivity contribution in [2.45, 2.75) is 64.9 Å². The molecule has 166 valence electrons. The van der Waals surface area contributed by atoms with Crippen molar-refractivity contribution in [2.75, 3.05) is 5.32 Å². The van der Waals surface area contributed by atoms with E-state index in [9.17, 15) is 19.8 Å². The number of hydrogen-bond donors (Lipinski definition) is 3. The standard InChI is InChI=1S/C26H33NO4/c1-25-11-9-16(28)13-15(25)7-8-17-19(25)10-12-26(2,24(30)31)20(17)14-22-23(29)18-5-3-4-6-21(18)27-22/h3-6,14-17,19-20,27-28H,7-13H2,1-2H3,(H,30,31). The molecule has 0 bridgehead atoms. The highest BCUT2D eigenvalue weighted by atomic mass is 16.4. The Morgan fingerprint density at radius 3 is 2.65 bits per heavy atom. The Labute approximate surface area is 183 Å². The largest absolute Gasteiger partial charge is 0.481 e. The first-order chi connectivity index (χ1) is 14.7. The van der Waals surface area contributed by atoms with E-state index in [0.29, 0.717) is 29.5 Å². The van der Waals surface area contributed by atoms with E-state index in [0.717, 1.165) is 44.2 Å². The Morgan fingerprint density at radius 1 is 1.13 bits per heavy atom. The number of benzene rings is 1. The predicted octanol–water partition coefficient (Wildman–Crippen LogP) is 4.87. The van der Waals surface area contributed by atoms with Gasteiger partial charge in [-0.1, -0.05) is 25.1 Å². The summed E-state index contributed by atoms with van der Waals surface area (Å²) in [6.07, 6.45) is 8.04. The third kappa shape index (κ3) is 3.07. The van der Waals surface area contributed by atoms with Crippen molar-refractivity contribution in [3.8, 4) is 0 Å². The number of allylic oxidation sites excluding steroid dienone is 2. The molecule has 1 aromatic carbocycles. The summed E-state index contributed by atoms with van der Waals surface area (Å²) in [6.45, 7) is 4.25. The minimum atomic E-state index is -0.873. The van der Waals surface area contributed by atoms with Crippen LogP contribution in [0.4, 0.5) is 5.69 Å². The van der Waals surface area contributed by atoms with Crippen LogP contribution in [0, 0.1) is 34.5 Å². The zero-order valence-electron chi connectivity index (χ0n) is 18.4. The quantitative estimate of drug-likeness (QED) is 0.591. The van der Waals surface area contributed by atoms with Gasteiger partial charge in [-0.25, -0.2) is 0 Å². The summed E-state index contributed by atoms with van der Waals surface area (Å²) in [5, 5.41) is 23.7. The molecular weight excluding hydrogens is 390 g/mol. The van der Waals surface area contributed by atoms with Gasteiger partial charge in [0, 0.05) is 11.3 Å². The zero-order chi connectivity index (χ0) is 22.0. The van der Waals surface area contributed by atoms with Gasteiger partial charge in [-0.2, -0.15) is 0 Å². The number of Topliss-reactive ketones (excluding diaryl/α,β-unsaturated/α-hetero) is 1.